The monoisotopic (exact) mass is 515 g/mol. The Morgan fingerprint density at radius 1 is 1.18 bits per heavy atom. The quantitative estimate of drug-likeness (QED) is 0.295. The van der Waals surface area contributed by atoms with Crippen molar-refractivity contribution in [3.05, 3.63) is 29.8 Å². The highest BCUT2D eigenvalue weighted by atomic mass is 127. The smallest absolute Gasteiger partial charge is 0.422 e. The molecule has 0 bridgehead atoms. The largest absolute Gasteiger partial charge is 0.484 e. The Morgan fingerprint density at radius 2 is 1.86 bits per heavy atom. The summed E-state index contributed by atoms with van der Waals surface area (Å²) in [6.07, 6.45) is 0.339. The lowest BCUT2D eigenvalue weighted by Crippen LogP contribution is -2.46. The fourth-order valence-corrected chi connectivity index (χ4v) is 3.06. The topological polar surface area (TPSA) is 54.9 Å². The fourth-order valence-electron chi connectivity index (χ4n) is 3.06. The van der Waals surface area contributed by atoms with Crippen molar-refractivity contribution in [3.8, 4) is 5.75 Å². The van der Waals surface area contributed by atoms with Crippen molar-refractivity contribution >= 4 is 29.9 Å². The third kappa shape index (κ3) is 8.42. The van der Waals surface area contributed by atoms with E-state index >= 15 is 0 Å². The Bertz CT molecular complexity index is 605. The van der Waals surface area contributed by atoms with Crippen LogP contribution in [-0.4, -0.2) is 46.1 Å². The van der Waals surface area contributed by atoms with Crippen LogP contribution in [0.15, 0.2) is 29.3 Å². The van der Waals surface area contributed by atoms with Gasteiger partial charge in [-0.15, -0.1) is 24.0 Å². The van der Waals surface area contributed by atoms with Crippen LogP contribution in [0.4, 0.5) is 13.2 Å². The van der Waals surface area contributed by atoms with Gasteiger partial charge in [0.15, 0.2) is 12.6 Å². The molecule has 2 N–H and O–H groups in total. The van der Waals surface area contributed by atoms with Crippen LogP contribution in [0.3, 0.4) is 0 Å². The first kappa shape index (κ1) is 24.8. The van der Waals surface area contributed by atoms with E-state index in [1.807, 2.05) is 0 Å². The van der Waals surface area contributed by atoms with Gasteiger partial charge in [-0.1, -0.05) is 18.6 Å². The zero-order valence-electron chi connectivity index (χ0n) is 16.3. The van der Waals surface area contributed by atoms with Crippen LogP contribution in [0.2, 0.25) is 0 Å². The molecule has 0 radical (unpaired) electrons. The van der Waals surface area contributed by atoms with Gasteiger partial charge in [-0.3, -0.25) is 4.99 Å². The van der Waals surface area contributed by atoms with Crippen LogP contribution < -0.4 is 15.4 Å². The summed E-state index contributed by atoms with van der Waals surface area (Å²) in [4.78, 5) is 4.23. The van der Waals surface area contributed by atoms with E-state index in [4.69, 9.17) is 9.47 Å². The highest BCUT2D eigenvalue weighted by Gasteiger charge is 2.36. The highest BCUT2D eigenvalue weighted by Crippen LogP contribution is 2.43. The van der Waals surface area contributed by atoms with Gasteiger partial charge in [-0.2, -0.15) is 13.2 Å². The summed E-state index contributed by atoms with van der Waals surface area (Å²) in [5, 5.41) is 6.60. The van der Waals surface area contributed by atoms with Gasteiger partial charge in [0.2, 0.25) is 0 Å². The van der Waals surface area contributed by atoms with E-state index in [1.54, 1.807) is 26.3 Å². The summed E-state index contributed by atoms with van der Waals surface area (Å²) in [5.74, 6) is 0.903. The number of rotatable bonds is 9. The molecule has 1 aliphatic carbocycles. The lowest BCUT2D eigenvalue weighted by atomic mass is 9.67. The molecule has 0 unspecified atom stereocenters. The molecular weight excluding hydrogens is 486 g/mol. The van der Waals surface area contributed by atoms with E-state index in [-0.39, 0.29) is 35.1 Å². The minimum atomic E-state index is -4.33. The summed E-state index contributed by atoms with van der Waals surface area (Å²) in [5.41, 5.74) is 1.21. The molecule has 0 aromatic heterocycles. The summed E-state index contributed by atoms with van der Waals surface area (Å²) in [7, 11) is 3.44. The lowest BCUT2D eigenvalue weighted by Gasteiger charge is -2.42. The zero-order chi connectivity index (χ0) is 19.8. The Labute approximate surface area is 181 Å². The van der Waals surface area contributed by atoms with Gasteiger partial charge in [0.1, 0.15) is 5.75 Å². The first-order chi connectivity index (χ1) is 12.9. The Hall–Kier alpha value is -1.23. The Kier molecular flexibility index (Phi) is 10.4. The molecule has 0 atom stereocenters. The van der Waals surface area contributed by atoms with Gasteiger partial charge in [0.25, 0.3) is 0 Å². The van der Waals surface area contributed by atoms with E-state index in [0.29, 0.717) is 12.5 Å². The second-order valence-corrected chi connectivity index (χ2v) is 6.92. The maximum absolute atomic E-state index is 12.2. The molecule has 2 rings (SSSR count). The van der Waals surface area contributed by atoms with Crippen LogP contribution in [0.25, 0.3) is 0 Å². The molecule has 160 valence electrons. The number of nitrogens with zero attached hydrogens (tertiary/aromatic N) is 1. The molecule has 0 saturated heterocycles. The predicted molar refractivity (Wildman–Crippen MR) is 114 cm³/mol. The minimum absolute atomic E-state index is 0. The van der Waals surface area contributed by atoms with Crippen LogP contribution in [0.1, 0.15) is 31.2 Å². The van der Waals surface area contributed by atoms with Crippen molar-refractivity contribution in [3.63, 3.8) is 0 Å². The van der Waals surface area contributed by atoms with E-state index in [2.05, 4.69) is 15.6 Å². The molecule has 5 nitrogen and oxygen atoms in total. The summed E-state index contributed by atoms with van der Waals surface area (Å²) in [6, 6.07) is 6.54. The number of alkyl halides is 3. The SMILES string of the molecule is CN=C(NCc1ccc(OCC(F)(F)F)cc1)NCC1(CCOC)CCC1.I. The van der Waals surface area contributed by atoms with Crippen molar-refractivity contribution in [1.82, 2.24) is 10.6 Å². The Balaban J connectivity index is 0.00000392. The van der Waals surface area contributed by atoms with Crippen LogP contribution in [0.5, 0.6) is 5.75 Å². The van der Waals surface area contributed by atoms with Gasteiger partial charge < -0.3 is 20.1 Å². The second-order valence-electron chi connectivity index (χ2n) is 6.92. The van der Waals surface area contributed by atoms with Gasteiger partial charge in [0.05, 0.1) is 0 Å². The van der Waals surface area contributed by atoms with E-state index in [0.717, 1.165) is 25.1 Å². The number of aliphatic imine (C=N–C) groups is 1. The zero-order valence-corrected chi connectivity index (χ0v) is 18.6. The third-order valence-corrected chi connectivity index (χ3v) is 4.89. The summed E-state index contributed by atoms with van der Waals surface area (Å²) in [6.45, 7) is 0.840. The van der Waals surface area contributed by atoms with E-state index in [1.165, 1.54) is 31.4 Å². The first-order valence-electron chi connectivity index (χ1n) is 9.08. The van der Waals surface area contributed by atoms with Gasteiger partial charge in [-0.25, -0.2) is 0 Å². The van der Waals surface area contributed by atoms with Crippen LogP contribution >= 0.6 is 24.0 Å². The van der Waals surface area contributed by atoms with Gasteiger partial charge in [0, 0.05) is 33.9 Å². The molecule has 1 fully saturated rings. The third-order valence-electron chi connectivity index (χ3n) is 4.89. The molecule has 0 heterocycles. The molecule has 1 aromatic rings. The standard InChI is InChI=1S/C19H28F3N3O2.HI/c1-23-17(25-13-18(8-3-9-18)10-11-26-2)24-12-15-4-6-16(7-5-15)27-14-19(20,21)22;/h4-7H,3,8-14H2,1-2H3,(H2,23,24,25);1H. The maximum atomic E-state index is 12.2. The molecule has 0 spiro atoms. The number of benzene rings is 1. The first-order valence-corrected chi connectivity index (χ1v) is 9.08. The number of halogens is 4. The Morgan fingerprint density at radius 3 is 2.36 bits per heavy atom. The lowest BCUT2D eigenvalue weighted by molar-refractivity contribution is -0.153. The predicted octanol–water partition coefficient (Wildman–Crippen LogP) is 4.12. The number of guanidine groups is 1. The van der Waals surface area contributed by atoms with Crippen LogP contribution in [0, 0.1) is 5.41 Å². The van der Waals surface area contributed by atoms with Gasteiger partial charge in [-0.05, 0) is 42.4 Å². The minimum Gasteiger partial charge on any atom is -0.484 e. The molecule has 9 heteroatoms. The van der Waals surface area contributed by atoms with Crippen LogP contribution in [-0.2, 0) is 11.3 Å². The second kappa shape index (κ2) is 11.7. The highest BCUT2D eigenvalue weighted by molar-refractivity contribution is 14.0. The summed E-state index contributed by atoms with van der Waals surface area (Å²) >= 11 is 0. The van der Waals surface area contributed by atoms with Crippen molar-refractivity contribution in [1.29, 1.82) is 0 Å². The molecule has 1 aromatic carbocycles. The molecule has 1 saturated carbocycles. The molecule has 0 aliphatic heterocycles. The maximum Gasteiger partial charge on any atom is 0.422 e. The average Bonchev–Trinajstić information content (AvgIpc) is 2.61. The average molecular weight is 515 g/mol. The summed E-state index contributed by atoms with van der Waals surface area (Å²) < 4.78 is 46.4. The molecular formula is C19H29F3IN3O2. The van der Waals surface area contributed by atoms with Crippen molar-refractivity contribution in [2.45, 2.75) is 38.4 Å². The van der Waals surface area contributed by atoms with Crippen molar-refractivity contribution < 1.29 is 22.6 Å². The molecule has 28 heavy (non-hydrogen) atoms. The van der Waals surface area contributed by atoms with Crippen molar-refractivity contribution in [2.75, 3.05) is 33.9 Å². The normalized spacial score (nSPS) is 16.0. The van der Waals surface area contributed by atoms with Crippen molar-refractivity contribution in [2.24, 2.45) is 10.4 Å². The number of hydrogen-bond donors (Lipinski definition) is 2. The molecule has 0 amide bonds. The van der Waals surface area contributed by atoms with E-state index < -0.39 is 12.8 Å². The van der Waals surface area contributed by atoms with Gasteiger partial charge >= 0.3 is 6.18 Å². The van der Waals surface area contributed by atoms with E-state index in [9.17, 15) is 13.2 Å². The fraction of sp³-hybridized carbons (Fsp3) is 0.632. The number of nitrogens with one attached hydrogen (secondary N) is 2. The number of methoxy groups -OCH3 is 1. The number of ether oxygens (including phenoxy) is 2. The number of hydrogen-bond acceptors (Lipinski definition) is 3. The molecule has 1 aliphatic rings.